The molecule has 3 N–H and O–H groups in total. The lowest BCUT2D eigenvalue weighted by molar-refractivity contribution is -0.122. The van der Waals surface area contributed by atoms with Gasteiger partial charge in [0.2, 0.25) is 0 Å². The van der Waals surface area contributed by atoms with Gasteiger partial charge in [0.25, 0.3) is 6.43 Å². The van der Waals surface area contributed by atoms with Gasteiger partial charge in [-0.15, -0.1) is 0 Å². The maximum Gasteiger partial charge on any atom is 0.405 e. The molecule has 0 saturated carbocycles. The molecule has 0 aliphatic rings. The Hall–Kier alpha value is -1.12. The van der Waals surface area contributed by atoms with Crippen LogP contribution in [0.3, 0.4) is 0 Å². The third-order valence-corrected chi connectivity index (χ3v) is 1.21. The number of carbonyl (C=O) groups is 1. The van der Waals surface area contributed by atoms with Crippen LogP contribution in [0.1, 0.15) is 0 Å². The predicted octanol–water partition coefficient (Wildman–Crippen LogP) is 0.474. The summed E-state index contributed by atoms with van der Waals surface area (Å²) in [5.41, 5.74) is 0. The van der Waals surface area contributed by atoms with E-state index >= 15 is 0 Å². The van der Waals surface area contributed by atoms with E-state index in [1.54, 1.807) is 5.32 Å². The predicted molar refractivity (Wildman–Crippen MR) is 39.5 cm³/mol. The van der Waals surface area contributed by atoms with Crippen molar-refractivity contribution < 1.29 is 31.9 Å². The first-order chi connectivity index (χ1) is 6.72. The zero-order valence-corrected chi connectivity index (χ0v) is 7.31. The van der Waals surface area contributed by atoms with E-state index in [0.29, 0.717) is 0 Å². The van der Waals surface area contributed by atoms with Crippen molar-refractivity contribution in [3.05, 3.63) is 0 Å². The van der Waals surface area contributed by atoms with E-state index in [1.807, 2.05) is 0 Å². The molecule has 0 spiro atoms. The summed E-state index contributed by atoms with van der Waals surface area (Å²) in [5, 5.41) is 11.5. The Balaban J connectivity index is 3.67. The Morgan fingerprint density at radius 2 is 1.80 bits per heavy atom. The molecule has 0 bridgehead atoms. The summed E-state index contributed by atoms with van der Waals surface area (Å²) in [5.74, 6) is 0. The van der Waals surface area contributed by atoms with Crippen LogP contribution in [-0.2, 0) is 0 Å². The highest BCUT2D eigenvalue weighted by Gasteiger charge is 2.27. The lowest BCUT2D eigenvalue weighted by atomic mass is 10.4. The summed E-state index contributed by atoms with van der Waals surface area (Å²) in [6, 6.07) is -1.27. The summed E-state index contributed by atoms with van der Waals surface area (Å²) >= 11 is 0. The molecule has 0 saturated heterocycles. The van der Waals surface area contributed by atoms with Crippen LogP contribution < -0.4 is 10.6 Å². The number of halogens is 5. The zero-order chi connectivity index (χ0) is 12.1. The van der Waals surface area contributed by atoms with Crippen molar-refractivity contribution in [2.75, 3.05) is 13.1 Å². The van der Waals surface area contributed by atoms with Crippen molar-refractivity contribution in [2.45, 2.75) is 18.7 Å². The number of carbonyl (C=O) groups excluding carboxylic acids is 1. The van der Waals surface area contributed by atoms with Gasteiger partial charge in [-0.3, -0.25) is 0 Å². The normalized spacial score (nSPS) is 13.8. The van der Waals surface area contributed by atoms with E-state index < -0.39 is 37.8 Å². The monoisotopic (exact) mass is 236 g/mol. The number of alkyl halides is 5. The zero-order valence-electron chi connectivity index (χ0n) is 7.31. The number of rotatable bonds is 4. The van der Waals surface area contributed by atoms with Crippen molar-refractivity contribution in [1.29, 1.82) is 0 Å². The van der Waals surface area contributed by atoms with Gasteiger partial charge in [-0.1, -0.05) is 0 Å². The maximum atomic E-state index is 11.7. The van der Waals surface area contributed by atoms with Crippen molar-refractivity contribution in [2.24, 2.45) is 0 Å². The smallest absolute Gasteiger partial charge is 0.385 e. The number of nitrogens with one attached hydrogen (secondary N) is 2. The number of aliphatic hydroxyl groups excluding tert-OH is 1. The molecule has 4 nitrogen and oxygen atoms in total. The molecular weight excluding hydrogens is 227 g/mol. The SMILES string of the molecule is O=C(NCC(O)C(F)F)NCC(F)(F)F. The molecule has 2 amide bonds. The van der Waals surface area contributed by atoms with Crippen molar-refractivity contribution in [1.82, 2.24) is 10.6 Å². The molecule has 0 fully saturated rings. The summed E-state index contributed by atoms with van der Waals surface area (Å²) in [4.78, 5) is 10.5. The number of urea groups is 1. The van der Waals surface area contributed by atoms with E-state index in [9.17, 15) is 26.7 Å². The first kappa shape index (κ1) is 13.9. The lowest BCUT2D eigenvalue weighted by Gasteiger charge is -2.12. The second-order valence-electron chi connectivity index (χ2n) is 2.58. The van der Waals surface area contributed by atoms with E-state index in [4.69, 9.17) is 5.11 Å². The fourth-order valence-electron chi connectivity index (χ4n) is 0.529. The van der Waals surface area contributed by atoms with Gasteiger partial charge in [0, 0.05) is 0 Å². The van der Waals surface area contributed by atoms with Crippen LogP contribution in [0.2, 0.25) is 0 Å². The second kappa shape index (κ2) is 5.69. The topological polar surface area (TPSA) is 61.4 Å². The van der Waals surface area contributed by atoms with Gasteiger partial charge >= 0.3 is 12.2 Å². The molecule has 0 aliphatic carbocycles. The van der Waals surface area contributed by atoms with Gasteiger partial charge in [-0.25, -0.2) is 13.6 Å². The molecule has 15 heavy (non-hydrogen) atoms. The summed E-state index contributed by atoms with van der Waals surface area (Å²) in [6.45, 7) is -2.38. The lowest BCUT2D eigenvalue weighted by Crippen LogP contribution is -2.44. The van der Waals surface area contributed by atoms with Crippen molar-refractivity contribution in [3.8, 4) is 0 Å². The molecule has 0 aliphatic heterocycles. The maximum absolute atomic E-state index is 11.7. The highest BCUT2D eigenvalue weighted by Crippen LogP contribution is 2.11. The Morgan fingerprint density at radius 3 is 2.20 bits per heavy atom. The molecule has 0 aromatic heterocycles. The van der Waals surface area contributed by atoms with E-state index in [-0.39, 0.29) is 0 Å². The minimum absolute atomic E-state index is 0.818. The Labute approximate surface area is 81.4 Å². The third-order valence-electron chi connectivity index (χ3n) is 1.21. The third kappa shape index (κ3) is 7.91. The number of hydrogen-bond acceptors (Lipinski definition) is 2. The molecule has 1 unspecified atom stereocenters. The molecule has 1 atom stereocenters. The van der Waals surface area contributed by atoms with E-state index in [0.717, 1.165) is 0 Å². The van der Waals surface area contributed by atoms with Crippen LogP contribution in [0.4, 0.5) is 26.7 Å². The van der Waals surface area contributed by atoms with Gasteiger partial charge in [0.15, 0.2) is 0 Å². The molecule has 0 aromatic carbocycles. The van der Waals surface area contributed by atoms with Crippen LogP contribution in [0, 0.1) is 0 Å². The van der Waals surface area contributed by atoms with Crippen LogP contribution in [0.15, 0.2) is 0 Å². The summed E-state index contributed by atoms with van der Waals surface area (Å²) in [7, 11) is 0. The van der Waals surface area contributed by atoms with Crippen LogP contribution in [0.25, 0.3) is 0 Å². The molecule has 0 radical (unpaired) electrons. The van der Waals surface area contributed by atoms with Crippen LogP contribution in [0.5, 0.6) is 0 Å². The average molecular weight is 236 g/mol. The van der Waals surface area contributed by atoms with Gasteiger partial charge in [0.05, 0.1) is 6.54 Å². The Kier molecular flexibility index (Phi) is 5.26. The van der Waals surface area contributed by atoms with Gasteiger partial charge < -0.3 is 15.7 Å². The number of hydrogen-bond donors (Lipinski definition) is 3. The minimum Gasteiger partial charge on any atom is -0.385 e. The number of amides is 2. The van der Waals surface area contributed by atoms with E-state index in [1.165, 1.54) is 5.32 Å². The largest absolute Gasteiger partial charge is 0.405 e. The Morgan fingerprint density at radius 1 is 1.27 bits per heavy atom. The molecule has 0 heterocycles. The Bertz CT molecular complexity index is 208. The van der Waals surface area contributed by atoms with Crippen molar-refractivity contribution >= 4 is 6.03 Å². The number of aliphatic hydroxyl groups is 1. The fraction of sp³-hybridized carbons (Fsp3) is 0.833. The van der Waals surface area contributed by atoms with Crippen LogP contribution in [-0.4, -0.2) is 42.9 Å². The fourth-order valence-corrected chi connectivity index (χ4v) is 0.529. The molecular formula is C6H9F5N2O2. The highest BCUT2D eigenvalue weighted by molar-refractivity contribution is 5.73. The second-order valence-corrected chi connectivity index (χ2v) is 2.58. The van der Waals surface area contributed by atoms with Gasteiger partial charge in [-0.2, -0.15) is 13.2 Å². The highest BCUT2D eigenvalue weighted by atomic mass is 19.4. The standard InChI is InChI=1S/C6H9F5N2O2/c7-4(8)3(14)1-12-5(15)13-2-6(9,10)11/h3-4,14H,1-2H2,(H2,12,13,15). The average Bonchev–Trinajstić information content (AvgIpc) is 2.09. The van der Waals surface area contributed by atoms with Gasteiger partial charge in [0.1, 0.15) is 12.6 Å². The first-order valence-corrected chi connectivity index (χ1v) is 3.77. The minimum atomic E-state index is -4.57. The van der Waals surface area contributed by atoms with Crippen molar-refractivity contribution in [3.63, 3.8) is 0 Å². The van der Waals surface area contributed by atoms with Gasteiger partial charge in [-0.05, 0) is 0 Å². The summed E-state index contributed by atoms with van der Waals surface area (Å²) < 4.78 is 57.9. The molecule has 0 aromatic rings. The quantitative estimate of drug-likeness (QED) is 0.621. The van der Waals surface area contributed by atoms with Crippen LogP contribution >= 0.6 is 0 Å². The molecule has 90 valence electrons. The molecule has 9 heteroatoms. The summed E-state index contributed by atoms with van der Waals surface area (Å²) in [6.07, 6.45) is -9.73. The van der Waals surface area contributed by atoms with E-state index in [2.05, 4.69) is 0 Å². The molecule has 0 rings (SSSR count). The first-order valence-electron chi connectivity index (χ1n) is 3.77.